The number of aromatic nitrogens is 2. The molecule has 10 aromatic carbocycles. The second-order valence-electron chi connectivity index (χ2n) is 15.3. The predicted octanol–water partition coefficient (Wildman–Crippen LogP) is 15.6. The molecule has 1 aromatic heterocycles. The Balaban J connectivity index is 1.04. The van der Waals surface area contributed by atoms with Crippen LogP contribution in [0.25, 0.3) is 111 Å². The lowest BCUT2D eigenvalue weighted by atomic mass is 9.89. The molecule has 0 aliphatic rings. The molecule has 11 aromatic rings. The Morgan fingerprint density at radius 3 is 1.40 bits per heavy atom. The fourth-order valence-electron chi connectivity index (χ4n) is 8.67. The monoisotopic (exact) mass is 762 g/mol. The maximum atomic E-state index is 5.30. The van der Waals surface area contributed by atoms with Crippen LogP contribution in [0.5, 0.6) is 0 Å². The van der Waals surface area contributed by atoms with Gasteiger partial charge in [0.25, 0.3) is 0 Å². The Bertz CT molecular complexity index is 3320. The summed E-state index contributed by atoms with van der Waals surface area (Å²) in [4.78, 5) is 10.6. The molecule has 11 rings (SSSR count). The van der Waals surface area contributed by atoms with Gasteiger partial charge >= 0.3 is 0 Å². The maximum absolute atomic E-state index is 5.30. The quantitative estimate of drug-likeness (QED) is 0.119. The molecule has 0 spiro atoms. The van der Waals surface area contributed by atoms with Gasteiger partial charge in [-0.25, -0.2) is 9.97 Å². The highest BCUT2D eigenvalue weighted by Gasteiger charge is 2.17. The SMILES string of the molecule is c1ccc(-c2ccc(-c3nc(-c4ccc(-c5c6ccccc6cc6c5ccc5ccccc56)cc4)cc(-c4ccccc4-c4ccc(-c5ccccc5)cc4)n3)cc2)cc1. The Hall–Kier alpha value is -7.94. The van der Waals surface area contributed by atoms with E-state index in [0.29, 0.717) is 5.82 Å². The highest BCUT2D eigenvalue weighted by Crippen LogP contribution is 2.41. The summed E-state index contributed by atoms with van der Waals surface area (Å²) in [6, 6.07) is 82.4. The fraction of sp³-hybridized carbons (Fsp3) is 0. The number of fused-ring (bicyclic) bond motifs is 4. The molecule has 0 saturated carbocycles. The van der Waals surface area contributed by atoms with Gasteiger partial charge in [-0.15, -0.1) is 0 Å². The van der Waals surface area contributed by atoms with Crippen molar-refractivity contribution in [2.75, 3.05) is 0 Å². The summed E-state index contributed by atoms with van der Waals surface area (Å²) in [5.41, 5.74) is 14.2. The third-order valence-electron chi connectivity index (χ3n) is 11.7. The normalized spacial score (nSPS) is 11.3. The van der Waals surface area contributed by atoms with Gasteiger partial charge in [0, 0.05) is 16.7 Å². The summed E-state index contributed by atoms with van der Waals surface area (Å²) in [7, 11) is 0. The molecule has 0 fully saturated rings. The van der Waals surface area contributed by atoms with Crippen molar-refractivity contribution in [2.24, 2.45) is 0 Å². The summed E-state index contributed by atoms with van der Waals surface area (Å²) in [5, 5.41) is 7.51. The van der Waals surface area contributed by atoms with Crippen molar-refractivity contribution in [3.05, 3.63) is 231 Å². The fourth-order valence-corrected chi connectivity index (χ4v) is 8.67. The first-order chi connectivity index (χ1) is 29.7. The molecule has 0 aliphatic heterocycles. The van der Waals surface area contributed by atoms with Crippen LogP contribution in [0, 0.1) is 0 Å². The van der Waals surface area contributed by atoms with Crippen LogP contribution in [-0.4, -0.2) is 9.97 Å². The van der Waals surface area contributed by atoms with Crippen LogP contribution in [0.15, 0.2) is 231 Å². The first kappa shape index (κ1) is 35.2. The van der Waals surface area contributed by atoms with Gasteiger partial charge in [0.1, 0.15) is 0 Å². The van der Waals surface area contributed by atoms with E-state index in [4.69, 9.17) is 9.97 Å². The van der Waals surface area contributed by atoms with Crippen molar-refractivity contribution < 1.29 is 0 Å². The van der Waals surface area contributed by atoms with Crippen molar-refractivity contribution in [1.82, 2.24) is 9.97 Å². The molecule has 0 bridgehead atoms. The van der Waals surface area contributed by atoms with Crippen LogP contribution in [0.4, 0.5) is 0 Å². The van der Waals surface area contributed by atoms with Crippen molar-refractivity contribution in [2.45, 2.75) is 0 Å². The van der Waals surface area contributed by atoms with Crippen LogP contribution in [-0.2, 0) is 0 Å². The number of nitrogens with zero attached hydrogens (tertiary/aromatic N) is 2. The second-order valence-corrected chi connectivity index (χ2v) is 15.3. The minimum Gasteiger partial charge on any atom is -0.228 e. The molecule has 1 heterocycles. The Morgan fingerprint density at radius 1 is 0.233 bits per heavy atom. The molecule has 280 valence electrons. The standard InChI is InChI=1S/C58H38N2/c1-3-13-39(14-4-1)41-23-27-44(28-24-41)49-19-11-12-22-52(49)56-38-55(59-58(60-56)47-33-25-42(26-34-47)40-15-5-2-6-16-40)45-29-31-46(32-30-45)57-51-21-10-8-18-48(51)37-54-50-20-9-7-17-43(50)35-36-53(54)57/h1-38H. The van der Waals surface area contributed by atoms with Crippen molar-refractivity contribution in [3.63, 3.8) is 0 Å². The van der Waals surface area contributed by atoms with Gasteiger partial charge in [0.2, 0.25) is 0 Å². The zero-order valence-corrected chi connectivity index (χ0v) is 32.8. The van der Waals surface area contributed by atoms with E-state index >= 15 is 0 Å². The number of rotatable bonds is 7. The minimum atomic E-state index is 0.687. The third-order valence-corrected chi connectivity index (χ3v) is 11.7. The molecule has 0 saturated heterocycles. The smallest absolute Gasteiger partial charge is 0.160 e. The van der Waals surface area contributed by atoms with Gasteiger partial charge < -0.3 is 0 Å². The zero-order valence-electron chi connectivity index (χ0n) is 32.8. The topological polar surface area (TPSA) is 25.8 Å². The van der Waals surface area contributed by atoms with Gasteiger partial charge in [-0.2, -0.15) is 0 Å². The predicted molar refractivity (Wildman–Crippen MR) is 253 cm³/mol. The molecule has 0 unspecified atom stereocenters. The average Bonchev–Trinajstić information content (AvgIpc) is 3.34. The molecule has 2 nitrogen and oxygen atoms in total. The minimum absolute atomic E-state index is 0.687. The number of benzene rings is 10. The average molecular weight is 763 g/mol. The van der Waals surface area contributed by atoms with Gasteiger partial charge in [-0.1, -0.05) is 218 Å². The number of hydrogen-bond donors (Lipinski definition) is 0. The molecule has 0 N–H and O–H groups in total. The van der Waals surface area contributed by atoms with E-state index in [2.05, 4.69) is 224 Å². The maximum Gasteiger partial charge on any atom is 0.160 e. The van der Waals surface area contributed by atoms with Crippen LogP contribution in [0.1, 0.15) is 0 Å². The van der Waals surface area contributed by atoms with E-state index in [1.54, 1.807) is 0 Å². The van der Waals surface area contributed by atoms with Crippen LogP contribution in [0.2, 0.25) is 0 Å². The summed E-state index contributed by atoms with van der Waals surface area (Å²) >= 11 is 0. The van der Waals surface area contributed by atoms with Gasteiger partial charge in [-0.05, 0) is 89.0 Å². The van der Waals surface area contributed by atoms with Gasteiger partial charge in [-0.3, -0.25) is 0 Å². The molecule has 2 heteroatoms. The second kappa shape index (κ2) is 15.1. The molecule has 0 radical (unpaired) electrons. The third kappa shape index (κ3) is 6.51. The van der Waals surface area contributed by atoms with E-state index < -0.39 is 0 Å². The van der Waals surface area contributed by atoms with E-state index in [1.165, 1.54) is 60.1 Å². The van der Waals surface area contributed by atoms with E-state index in [9.17, 15) is 0 Å². The molecular formula is C58H38N2. The molecular weight excluding hydrogens is 725 g/mol. The highest BCUT2D eigenvalue weighted by molar-refractivity contribution is 6.20. The van der Waals surface area contributed by atoms with Crippen LogP contribution >= 0.6 is 0 Å². The Labute approximate surface area is 349 Å². The molecule has 0 aliphatic carbocycles. The first-order valence-corrected chi connectivity index (χ1v) is 20.5. The zero-order chi connectivity index (χ0) is 39.8. The number of hydrogen-bond acceptors (Lipinski definition) is 2. The van der Waals surface area contributed by atoms with Crippen LogP contribution < -0.4 is 0 Å². The summed E-state index contributed by atoms with van der Waals surface area (Å²) in [5.74, 6) is 0.687. The largest absolute Gasteiger partial charge is 0.228 e. The highest BCUT2D eigenvalue weighted by atomic mass is 14.9. The van der Waals surface area contributed by atoms with Crippen molar-refractivity contribution in [1.29, 1.82) is 0 Å². The first-order valence-electron chi connectivity index (χ1n) is 20.5. The van der Waals surface area contributed by atoms with E-state index in [1.807, 2.05) is 6.07 Å². The molecule has 0 atom stereocenters. The Morgan fingerprint density at radius 2 is 0.717 bits per heavy atom. The lowest BCUT2D eigenvalue weighted by Crippen LogP contribution is -1.97. The Kier molecular flexibility index (Phi) is 8.87. The summed E-state index contributed by atoms with van der Waals surface area (Å²) < 4.78 is 0. The van der Waals surface area contributed by atoms with Crippen molar-refractivity contribution in [3.8, 4) is 78.4 Å². The molecule has 60 heavy (non-hydrogen) atoms. The van der Waals surface area contributed by atoms with Crippen LogP contribution in [0.3, 0.4) is 0 Å². The van der Waals surface area contributed by atoms with E-state index in [-0.39, 0.29) is 0 Å². The van der Waals surface area contributed by atoms with E-state index in [0.717, 1.165) is 44.8 Å². The van der Waals surface area contributed by atoms with Gasteiger partial charge in [0.05, 0.1) is 11.4 Å². The van der Waals surface area contributed by atoms with Gasteiger partial charge in [0.15, 0.2) is 5.82 Å². The van der Waals surface area contributed by atoms with Crippen molar-refractivity contribution >= 4 is 32.3 Å². The lowest BCUT2D eigenvalue weighted by molar-refractivity contribution is 1.18. The summed E-state index contributed by atoms with van der Waals surface area (Å²) in [6.45, 7) is 0. The summed E-state index contributed by atoms with van der Waals surface area (Å²) in [6.07, 6.45) is 0. The molecule has 0 amide bonds. The lowest BCUT2D eigenvalue weighted by Gasteiger charge is -2.15.